The van der Waals surface area contributed by atoms with Crippen LogP contribution in [0.2, 0.25) is 0 Å². The Morgan fingerprint density at radius 2 is 1.96 bits per heavy atom. The van der Waals surface area contributed by atoms with Gasteiger partial charge in [0.05, 0.1) is 31.2 Å². The van der Waals surface area contributed by atoms with Gasteiger partial charge in [0, 0.05) is 10.9 Å². The van der Waals surface area contributed by atoms with Crippen LogP contribution in [0.25, 0.3) is 10.9 Å². The van der Waals surface area contributed by atoms with Crippen LogP contribution in [0.3, 0.4) is 0 Å². The fourth-order valence-corrected chi connectivity index (χ4v) is 3.55. The topological polar surface area (TPSA) is 110 Å². The van der Waals surface area contributed by atoms with Crippen LogP contribution in [0.5, 0.6) is 17.2 Å². The molecule has 1 aliphatic rings. The highest BCUT2D eigenvalue weighted by molar-refractivity contribution is 5.87. The summed E-state index contributed by atoms with van der Waals surface area (Å²) < 4.78 is 16.6. The van der Waals surface area contributed by atoms with E-state index in [4.69, 9.17) is 19.9 Å². The number of para-hydroxylation sites is 1. The molecule has 140 valence electrons. The van der Waals surface area contributed by atoms with Crippen LogP contribution in [-0.2, 0) is 0 Å². The van der Waals surface area contributed by atoms with Gasteiger partial charge in [-0.3, -0.25) is 4.79 Å². The lowest BCUT2D eigenvalue weighted by Gasteiger charge is -2.27. The van der Waals surface area contributed by atoms with Crippen LogP contribution in [0, 0.1) is 11.3 Å². The largest absolute Gasteiger partial charge is 0.497 e. The molecule has 0 saturated heterocycles. The molecule has 1 atom stereocenters. The van der Waals surface area contributed by atoms with Gasteiger partial charge in [-0.05, 0) is 30.3 Å². The van der Waals surface area contributed by atoms with Crippen molar-refractivity contribution in [1.82, 2.24) is 4.98 Å². The van der Waals surface area contributed by atoms with Crippen molar-refractivity contribution < 1.29 is 14.2 Å². The van der Waals surface area contributed by atoms with Gasteiger partial charge in [-0.2, -0.15) is 5.26 Å². The maximum Gasteiger partial charge on any atom is 0.256 e. The molecule has 0 saturated carbocycles. The third kappa shape index (κ3) is 2.55. The fourth-order valence-electron chi connectivity index (χ4n) is 3.55. The van der Waals surface area contributed by atoms with Crippen LogP contribution < -0.4 is 25.5 Å². The molecule has 0 spiro atoms. The summed E-state index contributed by atoms with van der Waals surface area (Å²) >= 11 is 0. The minimum atomic E-state index is -0.757. The first kappa shape index (κ1) is 17.5. The highest BCUT2D eigenvalue weighted by atomic mass is 16.5. The molecule has 0 fully saturated rings. The Morgan fingerprint density at radius 1 is 1.18 bits per heavy atom. The second-order valence-corrected chi connectivity index (χ2v) is 6.28. The molecule has 1 aliphatic heterocycles. The van der Waals surface area contributed by atoms with Crippen molar-refractivity contribution >= 4 is 10.9 Å². The Bertz CT molecular complexity index is 1220. The number of aromatic amines is 1. The predicted octanol–water partition coefficient (Wildman–Crippen LogP) is 2.76. The maximum absolute atomic E-state index is 13.0. The van der Waals surface area contributed by atoms with Crippen LogP contribution in [-0.4, -0.2) is 19.2 Å². The number of nitrogens with two attached hydrogens (primary N) is 1. The molecular weight excluding hydrogens is 358 g/mol. The molecule has 7 nitrogen and oxygen atoms in total. The Balaban J connectivity index is 2.10. The molecule has 0 radical (unpaired) electrons. The first-order chi connectivity index (χ1) is 13.6. The van der Waals surface area contributed by atoms with E-state index in [2.05, 4.69) is 11.1 Å². The van der Waals surface area contributed by atoms with Crippen molar-refractivity contribution in [2.24, 2.45) is 5.73 Å². The second kappa shape index (κ2) is 6.67. The van der Waals surface area contributed by atoms with E-state index in [9.17, 15) is 10.1 Å². The number of hydrogen-bond donors (Lipinski definition) is 2. The van der Waals surface area contributed by atoms with Crippen LogP contribution >= 0.6 is 0 Å². The molecule has 28 heavy (non-hydrogen) atoms. The van der Waals surface area contributed by atoms with Crippen molar-refractivity contribution in [3.63, 3.8) is 0 Å². The van der Waals surface area contributed by atoms with E-state index in [-0.39, 0.29) is 17.0 Å². The van der Waals surface area contributed by atoms with Gasteiger partial charge >= 0.3 is 0 Å². The Labute approximate surface area is 160 Å². The van der Waals surface area contributed by atoms with Gasteiger partial charge in [0.15, 0.2) is 0 Å². The van der Waals surface area contributed by atoms with E-state index in [0.29, 0.717) is 39.3 Å². The van der Waals surface area contributed by atoms with E-state index in [1.165, 1.54) is 7.11 Å². The Morgan fingerprint density at radius 3 is 2.68 bits per heavy atom. The van der Waals surface area contributed by atoms with E-state index in [1.807, 2.05) is 18.2 Å². The summed E-state index contributed by atoms with van der Waals surface area (Å²) in [6, 6.07) is 14.6. The number of benzene rings is 2. The minimum Gasteiger partial charge on any atom is -0.497 e. The first-order valence-electron chi connectivity index (χ1n) is 8.53. The molecule has 0 unspecified atom stereocenters. The van der Waals surface area contributed by atoms with E-state index in [1.54, 1.807) is 31.4 Å². The van der Waals surface area contributed by atoms with Gasteiger partial charge in [-0.25, -0.2) is 0 Å². The molecule has 1 aromatic heterocycles. The highest BCUT2D eigenvalue weighted by Gasteiger charge is 2.36. The van der Waals surface area contributed by atoms with Crippen molar-refractivity contribution in [2.45, 2.75) is 5.92 Å². The first-order valence-corrected chi connectivity index (χ1v) is 8.53. The van der Waals surface area contributed by atoms with Gasteiger partial charge in [-0.1, -0.05) is 12.1 Å². The monoisotopic (exact) mass is 375 g/mol. The number of ether oxygens (including phenoxy) is 3. The summed E-state index contributed by atoms with van der Waals surface area (Å²) in [4.78, 5) is 15.9. The van der Waals surface area contributed by atoms with Crippen LogP contribution in [0.15, 0.2) is 58.7 Å². The van der Waals surface area contributed by atoms with E-state index in [0.717, 1.165) is 0 Å². The number of nitriles is 1. The number of pyridine rings is 1. The molecule has 3 aromatic rings. The number of hydrogen-bond acceptors (Lipinski definition) is 6. The minimum absolute atomic E-state index is 0.0411. The smallest absolute Gasteiger partial charge is 0.256 e. The summed E-state index contributed by atoms with van der Waals surface area (Å²) in [6.07, 6.45) is 0. The number of allylic oxidation sites excluding steroid dienone is 1. The molecule has 3 N–H and O–H groups in total. The summed E-state index contributed by atoms with van der Waals surface area (Å²) in [5, 5.41) is 10.5. The molecule has 2 heterocycles. The lowest BCUT2D eigenvalue weighted by atomic mass is 9.83. The van der Waals surface area contributed by atoms with Gasteiger partial charge in [0.25, 0.3) is 5.56 Å². The normalized spacial score (nSPS) is 15.5. The zero-order valence-electron chi connectivity index (χ0n) is 15.3. The number of H-pyrrole nitrogens is 1. The molecular formula is C21H17N3O4. The Hall–Kier alpha value is -3.92. The van der Waals surface area contributed by atoms with Crippen molar-refractivity contribution in [2.75, 3.05) is 14.2 Å². The summed E-state index contributed by atoms with van der Waals surface area (Å²) in [5.74, 6) is 0.613. The predicted molar refractivity (Wildman–Crippen MR) is 103 cm³/mol. The average molecular weight is 375 g/mol. The lowest BCUT2D eigenvalue weighted by molar-refractivity contribution is 0.385. The number of methoxy groups -OCH3 is 2. The van der Waals surface area contributed by atoms with Gasteiger partial charge in [-0.15, -0.1) is 0 Å². The quantitative estimate of drug-likeness (QED) is 0.728. The molecule has 4 rings (SSSR count). The lowest BCUT2D eigenvalue weighted by Crippen LogP contribution is -2.28. The maximum atomic E-state index is 13.0. The molecule has 2 aromatic carbocycles. The van der Waals surface area contributed by atoms with Crippen LogP contribution in [0.4, 0.5) is 0 Å². The Kier molecular flexibility index (Phi) is 4.17. The third-order valence-electron chi connectivity index (χ3n) is 4.83. The summed E-state index contributed by atoms with van der Waals surface area (Å²) in [5.41, 5.74) is 7.38. The number of nitrogens with one attached hydrogen (secondary N) is 1. The number of aromatic nitrogens is 1. The van der Waals surface area contributed by atoms with Gasteiger partial charge in [0.2, 0.25) is 5.88 Å². The van der Waals surface area contributed by atoms with Gasteiger partial charge < -0.3 is 24.9 Å². The zero-order valence-corrected chi connectivity index (χ0v) is 15.3. The zero-order chi connectivity index (χ0) is 19.8. The van der Waals surface area contributed by atoms with Crippen molar-refractivity contribution in [3.05, 3.63) is 75.4 Å². The second-order valence-electron chi connectivity index (χ2n) is 6.28. The molecule has 7 heteroatoms. The average Bonchev–Trinajstić information content (AvgIpc) is 2.72. The van der Waals surface area contributed by atoms with Crippen molar-refractivity contribution in [3.8, 4) is 23.3 Å². The van der Waals surface area contributed by atoms with Crippen LogP contribution in [0.1, 0.15) is 17.0 Å². The molecule has 0 aliphatic carbocycles. The third-order valence-corrected chi connectivity index (χ3v) is 4.83. The number of nitrogens with zero attached hydrogens (tertiary/aromatic N) is 1. The summed E-state index contributed by atoms with van der Waals surface area (Å²) in [7, 11) is 3.06. The summed E-state index contributed by atoms with van der Waals surface area (Å²) in [6.45, 7) is 0. The fraction of sp³-hybridized carbons (Fsp3) is 0.143. The highest BCUT2D eigenvalue weighted by Crippen LogP contribution is 2.46. The SMILES string of the molecule is COc1ccc(OC)c([C@@H]2C(C#N)=C(N)Oc3c2c(=O)[nH]c2ccccc32)c1. The van der Waals surface area contributed by atoms with E-state index >= 15 is 0 Å². The molecule has 0 bridgehead atoms. The van der Waals surface area contributed by atoms with Gasteiger partial charge in [0.1, 0.15) is 28.9 Å². The number of rotatable bonds is 3. The number of fused-ring (bicyclic) bond motifs is 3. The van der Waals surface area contributed by atoms with Crippen molar-refractivity contribution in [1.29, 1.82) is 5.26 Å². The molecule has 0 amide bonds. The standard InChI is InChI=1S/C21H17N3O4/c1-26-11-7-8-16(27-2)13(9-11)17-14(10-22)20(23)28-19-12-5-3-4-6-15(12)24-21(25)18(17)19/h3-9,17H,23H2,1-2H3,(H,24,25)/t17-/m1/s1. The van der Waals surface area contributed by atoms with E-state index < -0.39 is 5.92 Å².